The minimum Gasteiger partial charge on any atom is -0.374 e. The summed E-state index contributed by atoms with van der Waals surface area (Å²) < 4.78 is 0. The van der Waals surface area contributed by atoms with E-state index in [2.05, 4.69) is 70.5 Å². The van der Waals surface area contributed by atoms with Crippen LogP contribution < -0.4 is 16.0 Å². The van der Waals surface area contributed by atoms with Crippen molar-refractivity contribution < 1.29 is 0 Å². The first-order valence-corrected chi connectivity index (χ1v) is 8.73. The standard InChI is InChI=1S/C22H16BN3/c1-2-9-17(10-3-1)26-20-13-5-4-11-18(20)19-12-8-16-25-22(19)23(26)21-14-6-7-15-24-21/h1-16H. The molecule has 1 aliphatic rings. The van der Waals surface area contributed by atoms with Crippen LogP contribution in [0, 0.1) is 0 Å². The fourth-order valence-electron chi connectivity index (χ4n) is 3.72. The molecule has 122 valence electrons. The Labute approximate surface area is 153 Å². The summed E-state index contributed by atoms with van der Waals surface area (Å²) in [6.45, 7) is -0.0651. The summed E-state index contributed by atoms with van der Waals surface area (Å²) >= 11 is 0. The topological polar surface area (TPSA) is 29.0 Å². The molecule has 4 heteroatoms. The summed E-state index contributed by atoms with van der Waals surface area (Å²) in [6, 6.07) is 29.2. The van der Waals surface area contributed by atoms with Gasteiger partial charge in [-0.25, -0.2) is 0 Å². The highest BCUT2D eigenvalue weighted by molar-refractivity contribution is 6.89. The maximum Gasteiger partial charge on any atom is 0.367 e. The molecule has 26 heavy (non-hydrogen) atoms. The lowest BCUT2D eigenvalue weighted by atomic mass is 9.50. The molecule has 0 spiro atoms. The van der Waals surface area contributed by atoms with E-state index in [0.29, 0.717) is 0 Å². The van der Waals surface area contributed by atoms with Crippen LogP contribution in [0.25, 0.3) is 11.1 Å². The van der Waals surface area contributed by atoms with Crippen molar-refractivity contribution in [2.45, 2.75) is 0 Å². The molecule has 0 saturated carbocycles. The second-order valence-corrected chi connectivity index (χ2v) is 6.32. The number of nitrogens with zero attached hydrogens (tertiary/aromatic N) is 3. The van der Waals surface area contributed by atoms with Crippen LogP contribution >= 0.6 is 0 Å². The van der Waals surface area contributed by atoms with Gasteiger partial charge in [-0.1, -0.05) is 48.5 Å². The molecule has 0 amide bonds. The van der Waals surface area contributed by atoms with E-state index in [9.17, 15) is 0 Å². The lowest BCUT2D eigenvalue weighted by molar-refractivity contribution is 1.28. The van der Waals surface area contributed by atoms with Crippen LogP contribution in [0.3, 0.4) is 0 Å². The quantitative estimate of drug-likeness (QED) is 0.527. The number of hydrogen-bond acceptors (Lipinski definition) is 3. The smallest absolute Gasteiger partial charge is 0.367 e. The highest BCUT2D eigenvalue weighted by Gasteiger charge is 2.38. The zero-order chi connectivity index (χ0) is 17.3. The number of para-hydroxylation sites is 2. The van der Waals surface area contributed by atoms with Crippen molar-refractivity contribution in [3.8, 4) is 11.1 Å². The normalized spacial score (nSPS) is 12.5. The Kier molecular flexibility index (Phi) is 3.53. The molecule has 1 aliphatic heterocycles. The van der Waals surface area contributed by atoms with E-state index >= 15 is 0 Å². The lowest BCUT2D eigenvalue weighted by Gasteiger charge is -2.37. The van der Waals surface area contributed by atoms with Crippen molar-refractivity contribution in [1.82, 2.24) is 9.97 Å². The van der Waals surface area contributed by atoms with Crippen molar-refractivity contribution in [3.63, 3.8) is 0 Å². The Hall–Kier alpha value is -3.40. The number of anilines is 2. The minimum atomic E-state index is -0.0651. The van der Waals surface area contributed by atoms with E-state index in [4.69, 9.17) is 4.98 Å². The number of benzene rings is 2. The molecular formula is C22H16BN3. The molecule has 0 saturated heterocycles. The van der Waals surface area contributed by atoms with E-state index in [1.54, 1.807) is 0 Å². The molecule has 3 heterocycles. The summed E-state index contributed by atoms with van der Waals surface area (Å²) in [5.74, 6) is 0. The highest BCUT2D eigenvalue weighted by atomic mass is 15.1. The summed E-state index contributed by atoms with van der Waals surface area (Å²) in [6.07, 6.45) is 3.72. The molecule has 4 aromatic rings. The average molecular weight is 333 g/mol. The zero-order valence-electron chi connectivity index (χ0n) is 14.2. The molecule has 0 fully saturated rings. The van der Waals surface area contributed by atoms with Crippen LogP contribution in [0.2, 0.25) is 0 Å². The monoisotopic (exact) mass is 333 g/mol. The van der Waals surface area contributed by atoms with E-state index in [-0.39, 0.29) is 6.85 Å². The van der Waals surface area contributed by atoms with Gasteiger partial charge in [0.25, 0.3) is 0 Å². The van der Waals surface area contributed by atoms with Gasteiger partial charge in [-0.15, -0.1) is 0 Å². The highest BCUT2D eigenvalue weighted by Crippen LogP contribution is 2.38. The van der Waals surface area contributed by atoms with Crippen LogP contribution in [-0.4, -0.2) is 16.8 Å². The van der Waals surface area contributed by atoms with Crippen LogP contribution in [0.5, 0.6) is 0 Å². The van der Waals surface area contributed by atoms with Gasteiger partial charge < -0.3 is 4.81 Å². The Bertz CT molecular complexity index is 964. The van der Waals surface area contributed by atoms with Gasteiger partial charge in [-0.2, -0.15) is 0 Å². The molecule has 0 radical (unpaired) electrons. The Balaban J connectivity index is 1.83. The molecule has 2 aromatic carbocycles. The van der Waals surface area contributed by atoms with E-state index < -0.39 is 0 Å². The maximum absolute atomic E-state index is 4.77. The minimum absolute atomic E-state index is 0.0651. The number of rotatable bonds is 2. The zero-order valence-corrected chi connectivity index (χ0v) is 14.2. The van der Waals surface area contributed by atoms with Crippen molar-refractivity contribution >= 4 is 29.4 Å². The average Bonchev–Trinajstić information content (AvgIpc) is 2.74. The molecule has 0 unspecified atom stereocenters. The number of aromatic nitrogens is 2. The summed E-state index contributed by atoms with van der Waals surface area (Å²) in [5, 5.41) is 0. The van der Waals surface area contributed by atoms with Crippen molar-refractivity contribution in [3.05, 3.63) is 97.3 Å². The number of pyridine rings is 2. The van der Waals surface area contributed by atoms with Gasteiger partial charge >= 0.3 is 6.85 Å². The Morgan fingerprint density at radius 2 is 1.35 bits per heavy atom. The third-order valence-corrected chi connectivity index (χ3v) is 4.81. The SMILES string of the molecule is c1ccc(N2B(c3ccccn3)c3ncccc3-c3ccccc32)cc1. The van der Waals surface area contributed by atoms with Crippen LogP contribution in [0.4, 0.5) is 11.4 Å². The van der Waals surface area contributed by atoms with Crippen LogP contribution in [-0.2, 0) is 0 Å². The molecule has 0 aliphatic carbocycles. The fourth-order valence-corrected chi connectivity index (χ4v) is 3.72. The third kappa shape index (κ3) is 2.31. The molecular weight excluding hydrogens is 317 g/mol. The molecule has 0 bridgehead atoms. The summed E-state index contributed by atoms with van der Waals surface area (Å²) in [4.78, 5) is 11.8. The summed E-state index contributed by atoms with van der Waals surface area (Å²) in [7, 11) is 0. The predicted octanol–water partition coefficient (Wildman–Crippen LogP) is 3.40. The van der Waals surface area contributed by atoms with E-state index in [1.165, 1.54) is 16.8 Å². The van der Waals surface area contributed by atoms with Gasteiger partial charge in [0, 0.05) is 40.5 Å². The van der Waals surface area contributed by atoms with Gasteiger partial charge in [0.1, 0.15) is 0 Å². The first kappa shape index (κ1) is 14.9. The van der Waals surface area contributed by atoms with Crippen LogP contribution in [0.1, 0.15) is 0 Å². The third-order valence-electron chi connectivity index (χ3n) is 4.81. The predicted molar refractivity (Wildman–Crippen MR) is 108 cm³/mol. The van der Waals surface area contributed by atoms with Crippen molar-refractivity contribution in [2.24, 2.45) is 0 Å². The molecule has 0 N–H and O–H groups in total. The lowest BCUT2D eigenvalue weighted by Crippen LogP contribution is -2.59. The van der Waals surface area contributed by atoms with Gasteiger partial charge in [0.2, 0.25) is 0 Å². The second kappa shape index (κ2) is 6.15. The van der Waals surface area contributed by atoms with Gasteiger partial charge in [0.15, 0.2) is 0 Å². The summed E-state index contributed by atoms with van der Waals surface area (Å²) in [5.41, 5.74) is 6.71. The number of hydrogen-bond donors (Lipinski definition) is 0. The second-order valence-electron chi connectivity index (χ2n) is 6.32. The molecule has 5 rings (SSSR count). The van der Waals surface area contributed by atoms with Crippen LogP contribution in [0.15, 0.2) is 97.3 Å². The first-order chi connectivity index (χ1) is 12.9. The maximum atomic E-state index is 4.77. The van der Waals surface area contributed by atoms with Gasteiger partial charge in [0.05, 0.1) is 0 Å². The van der Waals surface area contributed by atoms with Gasteiger partial charge in [-0.05, 0) is 42.0 Å². The largest absolute Gasteiger partial charge is 0.374 e. The molecule has 2 aromatic heterocycles. The molecule has 3 nitrogen and oxygen atoms in total. The molecule has 0 atom stereocenters. The Morgan fingerprint density at radius 1 is 0.615 bits per heavy atom. The van der Waals surface area contributed by atoms with E-state index in [1.807, 2.05) is 36.7 Å². The first-order valence-electron chi connectivity index (χ1n) is 8.73. The van der Waals surface area contributed by atoms with Crippen molar-refractivity contribution in [2.75, 3.05) is 4.81 Å². The van der Waals surface area contributed by atoms with E-state index in [0.717, 1.165) is 16.9 Å². The fraction of sp³-hybridized carbons (Fsp3) is 0. The number of fused-ring (bicyclic) bond motifs is 3. The van der Waals surface area contributed by atoms with Crippen molar-refractivity contribution in [1.29, 1.82) is 0 Å². The van der Waals surface area contributed by atoms with Gasteiger partial charge in [-0.3, -0.25) is 9.97 Å². The Morgan fingerprint density at radius 3 is 2.19 bits per heavy atom.